The summed E-state index contributed by atoms with van der Waals surface area (Å²) < 4.78 is 2.80. The Morgan fingerprint density at radius 2 is 0.917 bits per heavy atom. The van der Waals surface area contributed by atoms with E-state index in [0.717, 1.165) is 0 Å². The van der Waals surface area contributed by atoms with E-state index in [-0.39, 0.29) is 21.4 Å². The molecule has 0 N–H and O–H groups in total. The van der Waals surface area contributed by atoms with Gasteiger partial charge in [0.25, 0.3) is 11.1 Å². The largest absolute Gasteiger partial charge is 0.269 e. The molecule has 2 heterocycles. The monoisotopic (exact) mass is 604 g/mol. The Morgan fingerprint density at radius 1 is 0.583 bits per heavy atom. The maximum absolute atomic E-state index is 12.2. The number of rotatable bonds is 2. The van der Waals surface area contributed by atoms with Gasteiger partial charge in [-0.2, -0.15) is 0 Å². The molecule has 188 valence electrons. The number of aromatic nitrogens is 4. The van der Waals surface area contributed by atoms with Crippen molar-refractivity contribution in [1.29, 1.82) is 0 Å². The fourth-order valence-corrected chi connectivity index (χ4v) is 4.42. The lowest BCUT2D eigenvalue weighted by Crippen LogP contribution is -2.24. The van der Waals surface area contributed by atoms with Crippen LogP contribution in [-0.2, 0) is 0 Å². The zero-order chi connectivity index (χ0) is 26.9. The van der Waals surface area contributed by atoms with Crippen LogP contribution in [0.2, 0.25) is 30.4 Å². The number of nitrogens with zero attached hydrogens (tertiary/aromatic N) is 4. The predicted octanol–water partition coefficient (Wildman–Crippen LogP) is 7.62. The Labute approximate surface area is 237 Å². The number of hydrogen-bond acceptors (Lipinski definition) is 4. The molecule has 0 saturated heterocycles. The van der Waals surface area contributed by atoms with Crippen molar-refractivity contribution in [2.75, 3.05) is 0 Å². The van der Waals surface area contributed by atoms with Gasteiger partial charge in [0.2, 0.25) is 0 Å². The van der Waals surface area contributed by atoms with Gasteiger partial charge in [0.15, 0.2) is 0 Å². The zero-order valence-corrected chi connectivity index (χ0v) is 23.9. The number of halogens is 6. The Kier molecular flexibility index (Phi) is 9.15. The van der Waals surface area contributed by atoms with Crippen molar-refractivity contribution < 1.29 is 0 Å². The molecule has 0 aliphatic rings. The fourth-order valence-electron chi connectivity index (χ4n) is 3.26. The summed E-state index contributed by atoms with van der Waals surface area (Å²) in [4.78, 5) is 32.6. The van der Waals surface area contributed by atoms with Gasteiger partial charge in [-0.1, -0.05) is 81.7 Å². The van der Waals surface area contributed by atoms with Crippen LogP contribution in [0.25, 0.3) is 11.4 Å². The lowest BCUT2D eigenvalue weighted by Gasteiger charge is -2.13. The van der Waals surface area contributed by atoms with E-state index in [9.17, 15) is 9.59 Å². The molecule has 0 fully saturated rings. The van der Waals surface area contributed by atoms with Crippen molar-refractivity contribution >= 4 is 69.6 Å². The summed E-state index contributed by atoms with van der Waals surface area (Å²) in [5.74, 6) is 0.916. The first-order valence-electron chi connectivity index (χ1n) is 10.3. The zero-order valence-electron chi connectivity index (χ0n) is 19.3. The van der Waals surface area contributed by atoms with Gasteiger partial charge in [0.1, 0.15) is 22.0 Å². The van der Waals surface area contributed by atoms with Crippen LogP contribution in [0, 0.1) is 27.7 Å². The van der Waals surface area contributed by atoms with Crippen LogP contribution < -0.4 is 11.1 Å². The Balaban J connectivity index is 0.000000201. The van der Waals surface area contributed by atoms with E-state index in [4.69, 9.17) is 69.6 Å². The van der Waals surface area contributed by atoms with Crippen LogP contribution in [-0.4, -0.2) is 19.1 Å². The standard InChI is InChI=1S/2C12H9Cl3N2O/c2*1-6-11(15)16-7(2)17(12(6)18)9-5-3-4-8(13)10(9)14/h2*3-5H,1-2H3. The molecule has 0 atom stereocenters. The molecule has 0 spiro atoms. The Morgan fingerprint density at radius 3 is 1.25 bits per heavy atom. The normalized spacial score (nSPS) is 10.7. The number of aryl methyl sites for hydroxylation is 2. The SMILES string of the molecule is Cc1c(Cl)nc(C)n(-c2cccc(Cl)c2Cl)c1=O.Cc1c(Cl)nc(C)n(-c2cccc(Cl)c2Cl)c1=O. The molecule has 0 unspecified atom stereocenters. The van der Waals surface area contributed by atoms with Crippen molar-refractivity contribution in [1.82, 2.24) is 19.1 Å². The molecule has 4 aromatic rings. The van der Waals surface area contributed by atoms with Crippen LogP contribution in [0.3, 0.4) is 0 Å². The number of hydrogen-bond donors (Lipinski definition) is 0. The fraction of sp³-hybridized carbons (Fsp3) is 0.167. The van der Waals surface area contributed by atoms with Crippen molar-refractivity contribution in [3.8, 4) is 11.4 Å². The van der Waals surface area contributed by atoms with Gasteiger partial charge in [0, 0.05) is 0 Å². The predicted molar refractivity (Wildman–Crippen MR) is 149 cm³/mol. The highest BCUT2D eigenvalue weighted by molar-refractivity contribution is 6.43. The topological polar surface area (TPSA) is 69.8 Å². The summed E-state index contributed by atoms with van der Waals surface area (Å²) in [6.07, 6.45) is 0. The quantitative estimate of drug-likeness (QED) is 0.220. The third-order valence-corrected chi connectivity index (χ3v) is 7.53. The third kappa shape index (κ3) is 5.59. The van der Waals surface area contributed by atoms with E-state index >= 15 is 0 Å². The van der Waals surface area contributed by atoms with Crippen LogP contribution in [0.1, 0.15) is 22.8 Å². The van der Waals surface area contributed by atoms with Crippen LogP contribution in [0.4, 0.5) is 0 Å². The average Bonchev–Trinajstić information content (AvgIpc) is 2.82. The van der Waals surface area contributed by atoms with Gasteiger partial charge in [-0.05, 0) is 52.0 Å². The first kappa shape index (κ1) is 28.5. The molecule has 0 radical (unpaired) electrons. The highest BCUT2D eigenvalue weighted by Gasteiger charge is 2.16. The summed E-state index contributed by atoms with van der Waals surface area (Å²) in [7, 11) is 0. The maximum Gasteiger partial charge on any atom is 0.262 e. The van der Waals surface area contributed by atoms with Gasteiger partial charge < -0.3 is 0 Å². The molecule has 4 rings (SSSR count). The second-order valence-electron chi connectivity index (χ2n) is 7.58. The molecule has 0 amide bonds. The molecule has 0 aliphatic carbocycles. The van der Waals surface area contributed by atoms with Crippen molar-refractivity contribution in [2.24, 2.45) is 0 Å². The molecule has 0 bridgehead atoms. The van der Waals surface area contributed by atoms with Crippen LogP contribution in [0.5, 0.6) is 0 Å². The van der Waals surface area contributed by atoms with Crippen LogP contribution in [0.15, 0.2) is 46.0 Å². The van der Waals surface area contributed by atoms with E-state index in [0.29, 0.717) is 54.2 Å². The van der Waals surface area contributed by atoms with Gasteiger partial charge in [-0.3, -0.25) is 18.7 Å². The second kappa shape index (κ2) is 11.5. The Hall–Kier alpha value is -2.06. The molecule has 2 aromatic heterocycles. The second-order valence-corrected chi connectivity index (χ2v) is 9.86. The lowest BCUT2D eigenvalue weighted by atomic mass is 10.3. The average molecular weight is 607 g/mol. The van der Waals surface area contributed by atoms with E-state index in [2.05, 4.69) is 9.97 Å². The van der Waals surface area contributed by atoms with Gasteiger partial charge >= 0.3 is 0 Å². The highest BCUT2D eigenvalue weighted by atomic mass is 35.5. The minimum Gasteiger partial charge on any atom is -0.269 e. The summed E-state index contributed by atoms with van der Waals surface area (Å²) in [5.41, 5.74) is 1.24. The van der Waals surface area contributed by atoms with E-state index in [1.807, 2.05) is 0 Å². The molecule has 2 aromatic carbocycles. The van der Waals surface area contributed by atoms with Crippen molar-refractivity contribution in [3.05, 3.63) is 110 Å². The molecule has 0 saturated carbocycles. The van der Waals surface area contributed by atoms with E-state index < -0.39 is 0 Å². The van der Waals surface area contributed by atoms with E-state index in [1.165, 1.54) is 9.13 Å². The Bertz CT molecular complexity index is 1480. The summed E-state index contributed by atoms with van der Waals surface area (Å²) in [6.45, 7) is 6.60. The minimum absolute atomic E-state index is 0.201. The van der Waals surface area contributed by atoms with Gasteiger partial charge in [0.05, 0.1) is 42.6 Å². The lowest BCUT2D eigenvalue weighted by molar-refractivity contribution is 0.856. The number of benzene rings is 2. The van der Waals surface area contributed by atoms with E-state index in [1.54, 1.807) is 64.1 Å². The summed E-state index contributed by atoms with van der Waals surface area (Å²) >= 11 is 35.8. The molecular formula is C24H18Cl6N4O2. The third-order valence-electron chi connectivity index (χ3n) is 5.18. The first-order valence-corrected chi connectivity index (χ1v) is 12.5. The maximum atomic E-state index is 12.2. The molecule has 6 nitrogen and oxygen atoms in total. The summed E-state index contributed by atoms with van der Waals surface area (Å²) in [5, 5.41) is 1.79. The van der Waals surface area contributed by atoms with Gasteiger partial charge in [-0.25, -0.2) is 9.97 Å². The molecule has 12 heteroatoms. The summed E-state index contributed by atoms with van der Waals surface area (Å²) in [6, 6.07) is 10.2. The smallest absolute Gasteiger partial charge is 0.262 e. The molecule has 36 heavy (non-hydrogen) atoms. The first-order chi connectivity index (χ1) is 16.9. The van der Waals surface area contributed by atoms with Crippen LogP contribution >= 0.6 is 69.6 Å². The molecule has 0 aliphatic heterocycles. The van der Waals surface area contributed by atoms with Crippen molar-refractivity contribution in [2.45, 2.75) is 27.7 Å². The minimum atomic E-state index is -0.253. The van der Waals surface area contributed by atoms with Gasteiger partial charge in [-0.15, -0.1) is 0 Å². The van der Waals surface area contributed by atoms with Crippen molar-refractivity contribution in [3.63, 3.8) is 0 Å². The highest BCUT2D eigenvalue weighted by Crippen LogP contribution is 2.29. The molecular weight excluding hydrogens is 589 g/mol.